The summed E-state index contributed by atoms with van der Waals surface area (Å²) in [5.41, 5.74) is 0. The van der Waals surface area contributed by atoms with E-state index in [0.29, 0.717) is 0 Å². The second-order valence-corrected chi connectivity index (χ2v) is 4.84. The summed E-state index contributed by atoms with van der Waals surface area (Å²) < 4.78 is 20.6. The third-order valence-corrected chi connectivity index (χ3v) is 2.27. The Morgan fingerprint density at radius 1 is 1.75 bits per heavy atom. The van der Waals surface area contributed by atoms with Crippen molar-refractivity contribution >= 4 is 15.4 Å². The summed E-state index contributed by atoms with van der Waals surface area (Å²) in [6.07, 6.45) is 1.45. The van der Waals surface area contributed by atoms with Crippen LogP contribution < -0.4 is 0 Å². The van der Waals surface area contributed by atoms with E-state index in [0.717, 1.165) is 19.5 Å². The monoisotopic (exact) mass is 190 g/mol. The highest BCUT2D eigenvalue weighted by molar-refractivity contribution is 7.51. The molecule has 0 aromatic carbocycles. The van der Waals surface area contributed by atoms with Crippen molar-refractivity contribution in [2.45, 2.75) is 24.9 Å². The van der Waals surface area contributed by atoms with E-state index in [1.54, 1.807) is 0 Å². The molecule has 6 heteroatoms. The van der Waals surface area contributed by atoms with E-state index in [-0.39, 0.29) is 18.7 Å². The maximum atomic E-state index is 10.7. The average molecular weight is 190 g/mol. The Morgan fingerprint density at radius 2 is 2.42 bits per heavy atom. The first-order chi connectivity index (χ1) is 5.47. The van der Waals surface area contributed by atoms with Crippen molar-refractivity contribution in [2.24, 2.45) is 0 Å². The molecule has 12 heavy (non-hydrogen) atoms. The van der Waals surface area contributed by atoms with Gasteiger partial charge in [-0.05, 0) is 12.8 Å². The van der Waals surface area contributed by atoms with Crippen molar-refractivity contribution in [3.8, 4) is 0 Å². The highest BCUT2D eigenvalue weighted by Crippen LogP contribution is 2.37. The molecule has 2 radical (unpaired) electrons. The Balaban J connectivity index is 2.21. The topological polar surface area (TPSA) is 55.8 Å². The van der Waals surface area contributed by atoms with Crippen LogP contribution in [0.25, 0.3) is 0 Å². The normalized spacial score (nSPS) is 34.8. The zero-order valence-corrected chi connectivity index (χ0v) is 7.87. The van der Waals surface area contributed by atoms with Crippen molar-refractivity contribution in [3.05, 3.63) is 0 Å². The van der Waals surface area contributed by atoms with E-state index < -0.39 is 7.60 Å². The van der Waals surface area contributed by atoms with Crippen molar-refractivity contribution in [2.75, 3.05) is 13.3 Å². The summed E-state index contributed by atoms with van der Waals surface area (Å²) >= 11 is 0. The Hall–Kier alpha value is 0.175. The van der Waals surface area contributed by atoms with Crippen LogP contribution in [0.1, 0.15) is 12.8 Å². The third kappa shape index (κ3) is 3.72. The van der Waals surface area contributed by atoms with Gasteiger partial charge in [-0.15, -0.1) is 0 Å². The molecule has 0 spiro atoms. The Labute approximate surface area is 73.2 Å². The first-order valence-corrected chi connectivity index (χ1v) is 5.86. The van der Waals surface area contributed by atoms with Gasteiger partial charge in [0.05, 0.1) is 12.7 Å². The second-order valence-electron chi connectivity index (χ2n) is 2.97. The molecule has 1 saturated heterocycles. The molecular weight excluding hydrogens is 178 g/mol. The maximum absolute atomic E-state index is 10.7. The summed E-state index contributed by atoms with van der Waals surface area (Å²) in [6.45, 7) is 1.31. The van der Waals surface area contributed by atoms with Gasteiger partial charge in [0.15, 0.2) is 0 Å². The molecule has 68 valence electrons. The smallest absolute Gasteiger partial charge is 0.325 e. The van der Waals surface area contributed by atoms with Crippen LogP contribution in [0.2, 0.25) is 0 Å². The fourth-order valence-corrected chi connectivity index (χ4v) is 1.52. The van der Waals surface area contributed by atoms with Crippen molar-refractivity contribution in [3.63, 3.8) is 0 Å². The summed E-state index contributed by atoms with van der Waals surface area (Å²) in [6, 6.07) is -0.242. The molecule has 1 unspecified atom stereocenters. The quantitative estimate of drug-likeness (QED) is 0.519. The van der Waals surface area contributed by atoms with Crippen LogP contribution >= 0.6 is 7.60 Å². The first kappa shape index (κ1) is 10.3. The molecule has 3 atom stereocenters. The molecule has 0 aromatic rings. The van der Waals surface area contributed by atoms with E-state index in [1.807, 2.05) is 0 Å². The van der Waals surface area contributed by atoms with Gasteiger partial charge in [0.1, 0.15) is 7.85 Å². The fraction of sp³-hybridized carbons (Fsp3) is 1.00. The highest BCUT2D eigenvalue weighted by atomic mass is 31.2. The van der Waals surface area contributed by atoms with E-state index >= 15 is 0 Å². The molecule has 1 fully saturated rings. The lowest BCUT2D eigenvalue weighted by Crippen LogP contribution is -2.16. The van der Waals surface area contributed by atoms with E-state index in [1.165, 1.54) is 0 Å². The molecule has 1 aliphatic heterocycles. The summed E-state index contributed by atoms with van der Waals surface area (Å²) in [4.78, 5) is 8.79. The minimum atomic E-state index is -3.36. The first-order valence-electron chi connectivity index (χ1n) is 3.83. The highest BCUT2D eigenvalue weighted by Gasteiger charge is 2.23. The Kier molecular flexibility index (Phi) is 3.35. The van der Waals surface area contributed by atoms with Gasteiger partial charge in [-0.25, -0.2) is 0 Å². The average Bonchev–Trinajstić information content (AvgIpc) is 2.30. The van der Waals surface area contributed by atoms with Gasteiger partial charge < -0.3 is 14.2 Å². The molecule has 0 saturated carbocycles. The molecule has 4 nitrogen and oxygen atoms in total. The van der Waals surface area contributed by atoms with Gasteiger partial charge in [-0.1, -0.05) is 0 Å². The standard InChI is InChI=1S/C6H12BO4P/c1-12(8,9)10-4-5-2-3-6(7)11-5/h5-6H,2-4H2,1H3,(H,8,9)/t5-,6+/m0/s1. The largest absolute Gasteiger partial charge is 0.382 e. The Bertz CT molecular complexity index is 192. The zero-order valence-electron chi connectivity index (χ0n) is 6.97. The fourth-order valence-electron chi connectivity index (χ4n) is 1.08. The van der Waals surface area contributed by atoms with E-state index in [4.69, 9.17) is 22.0 Å². The predicted molar refractivity (Wildman–Crippen MR) is 45.4 cm³/mol. The van der Waals surface area contributed by atoms with Crippen molar-refractivity contribution in [1.29, 1.82) is 0 Å². The van der Waals surface area contributed by atoms with E-state index in [9.17, 15) is 4.57 Å². The van der Waals surface area contributed by atoms with Gasteiger partial charge in [-0.2, -0.15) is 0 Å². The lowest BCUT2D eigenvalue weighted by molar-refractivity contribution is 0.0480. The van der Waals surface area contributed by atoms with Gasteiger partial charge in [0, 0.05) is 12.7 Å². The summed E-state index contributed by atoms with van der Waals surface area (Å²) in [7, 11) is 2.10. The molecule has 1 aliphatic rings. The van der Waals surface area contributed by atoms with Crippen molar-refractivity contribution < 1.29 is 18.7 Å². The van der Waals surface area contributed by atoms with Gasteiger partial charge in [0.2, 0.25) is 0 Å². The van der Waals surface area contributed by atoms with E-state index in [2.05, 4.69) is 0 Å². The van der Waals surface area contributed by atoms with Crippen LogP contribution in [-0.4, -0.2) is 38.1 Å². The molecule has 1 N–H and O–H groups in total. The van der Waals surface area contributed by atoms with Crippen LogP contribution in [0.5, 0.6) is 0 Å². The van der Waals surface area contributed by atoms with Crippen LogP contribution in [0.15, 0.2) is 0 Å². The number of hydrogen-bond acceptors (Lipinski definition) is 3. The summed E-state index contributed by atoms with van der Waals surface area (Å²) in [5.74, 6) is 0. The van der Waals surface area contributed by atoms with Gasteiger partial charge >= 0.3 is 7.60 Å². The minimum absolute atomic E-state index is 0.125. The Morgan fingerprint density at radius 3 is 2.83 bits per heavy atom. The molecule has 0 aliphatic carbocycles. The lowest BCUT2D eigenvalue weighted by Gasteiger charge is -2.12. The maximum Gasteiger partial charge on any atom is 0.325 e. The number of ether oxygens (including phenoxy) is 1. The van der Waals surface area contributed by atoms with Crippen LogP contribution in [0, 0.1) is 0 Å². The van der Waals surface area contributed by atoms with Crippen LogP contribution in [0.3, 0.4) is 0 Å². The second kappa shape index (κ2) is 3.92. The minimum Gasteiger partial charge on any atom is -0.382 e. The predicted octanol–water partition coefficient (Wildman–Crippen LogP) is 0.492. The molecule has 1 heterocycles. The number of rotatable bonds is 3. The molecule has 0 aromatic heterocycles. The number of hydrogen-bond donors (Lipinski definition) is 1. The molecular formula is C6H12BO4P. The zero-order chi connectivity index (χ0) is 9.19. The molecule has 0 bridgehead atoms. The third-order valence-electron chi connectivity index (χ3n) is 1.64. The van der Waals surface area contributed by atoms with Crippen LogP contribution in [-0.2, 0) is 13.8 Å². The van der Waals surface area contributed by atoms with Gasteiger partial charge in [0.25, 0.3) is 0 Å². The van der Waals surface area contributed by atoms with Crippen LogP contribution in [0.4, 0.5) is 0 Å². The van der Waals surface area contributed by atoms with Gasteiger partial charge in [-0.3, -0.25) is 4.57 Å². The molecule has 0 amide bonds. The van der Waals surface area contributed by atoms with Crippen molar-refractivity contribution in [1.82, 2.24) is 0 Å². The SMILES string of the molecule is [B][C@H]1CC[C@@H](COP(C)(=O)O)O1. The summed E-state index contributed by atoms with van der Waals surface area (Å²) in [5, 5.41) is 0. The molecule has 1 rings (SSSR count). The lowest BCUT2D eigenvalue weighted by atomic mass is 9.97.